The van der Waals surface area contributed by atoms with Crippen molar-refractivity contribution in [1.82, 2.24) is 4.98 Å². The van der Waals surface area contributed by atoms with Crippen LogP contribution in [0.25, 0.3) is 0 Å². The first-order valence-corrected chi connectivity index (χ1v) is 7.44. The maximum Gasteiger partial charge on any atom is 0.161 e. The number of aliphatic hydroxyl groups is 1. The van der Waals surface area contributed by atoms with Gasteiger partial charge in [-0.2, -0.15) is 0 Å². The number of ether oxygens (including phenoxy) is 2. The van der Waals surface area contributed by atoms with Crippen molar-refractivity contribution >= 4 is 11.3 Å². The highest BCUT2D eigenvalue weighted by atomic mass is 32.1. The van der Waals surface area contributed by atoms with E-state index in [1.807, 2.05) is 17.5 Å². The molecule has 4 nitrogen and oxygen atoms in total. The molecule has 1 N–H and O–H groups in total. The zero-order chi connectivity index (χ0) is 14.5. The van der Waals surface area contributed by atoms with Crippen LogP contribution >= 0.6 is 11.3 Å². The van der Waals surface area contributed by atoms with Gasteiger partial charge < -0.3 is 14.6 Å². The summed E-state index contributed by atoms with van der Waals surface area (Å²) in [5.74, 6) is 1.28. The van der Waals surface area contributed by atoms with Gasteiger partial charge in [-0.15, -0.1) is 11.3 Å². The Kier molecular flexibility index (Phi) is 4.98. The molecule has 0 aliphatic rings. The molecule has 0 aliphatic heterocycles. The second-order valence-electron chi connectivity index (χ2n) is 4.46. The van der Waals surface area contributed by atoms with E-state index in [1.54, 1.807) is 31.4 Å². The minimum atomic E-state index is -0.524. The fourth-order valence-corrected chi connectivity index (χ4v) is 2.52. The van der Waals surface area contributed by atoms with E-state index < -0.39 is 6.10 Å². The Labute approximate surface area is 123 Å². The van der Waals surface area contributed by atoms with Gasteiger partial charge in [0.2, 0.25) is 0 Å². The number of aryl methyl sites for hydroxylation is 1. The maximum atomic E-state index is 9.57. The van der Waals surface area contributed by atoms with Crippen LogP contribution in [0.4, 0.5) is 0 Å². The van der Waals surface area contributed by atoms with E-state index in [1.165, 1.54) is 0 Å². The van der Waals surface area contributed by atoms with Crippen LogP contribution in [-0.2, 0) is 13.0 Å². The summed E-state index contributed by atoms with van der Waals surface area (Å²) in [5.41, 5.74) is 1.73. The smallest absolute Gasteiger partial charge is 0.161 e. The Bertz CT molecular complexity index is 566. The van der Waals surface area contributed by atoms with E-state index in [2.05, 4.69) is 11.9 Å². The molecule has 108 valence electrons. The molecule has 0 radical (unpaired) electrons. The maximum absolute atomic E-state index is 9.57. The summed E-state index contributed by atoms with van der Waals surface area (Å²) in [7, 11) is 1.59. The highest BCUT2D eigenvalue weighted by Crippen LogP contribution is 2.30. The summed E-state index contributed by atoms with van der Waals surface area (Å²) in [5, 5.41) is 12.7. The fourth-order valence-electron chi connectivity index (χ4n) is 1.79. The number of aliphatic hydroxyl groups excluding tert-OH is 1. The van der Waals surface area contributed by atoms with Crippen molar-refractivity contribution in [1.29, 1.82) is 0 Å². The number of methoxy groups -OCH3 is 1. The summed E-state index contributed by atoms with van der Waals surface area (Å²) >= 11 is 1.65. The number of aromatic nitrogens is 1. The lowest BCUT2D eigenvalue weighted by molar-refractivity contribution is 0.198. The van der Waals surface area contributed by atoms with Gasteiger partial charge in [0.15, 0.2) is 11.5 Å². The third-order valence-electron chi connectivity index (χ3n) is 2.95. The largest absolute Gasteiger partial charge is 0.493 e. The monoisotopic (exact) mass is 293 g/mol. The Hall–Kier alpha value is -1.59. The first kappa shape index (κ1) is 14.8. The number of nitrogens with zero attached hydrogens (tertiary/aromatic N) is 1. The lowest BCUT2D eigenvalue weighted by atomic mass is 10.1. The van der Waals surface area contributed by atoms with Crippen LogP contribution in [-0.4, -0.2) is 17.2 Å². The van der Waals surface area contributed by atoms with Crippen LogP contribution in [0.5, 0.6) is 11.5 Å². The number of thiazole rings is 1. The lowest BCUT2D eigenvalue weighted by Gasteiger charge is -2.12. The first-order valence-electron chi connectivity index (χ1n) is 6.56. The molecule has 0 amide bonds. The SMILES string of the molecule is CCc1nc(COc2ccc([C@@H](C)O)cc2OC)cs1. The molecule has 0 aliphatic carbocycles. The minimum absolute atomic E-state index is 0.418. The van der Waals surface area contributed by atoms with Gasteiger partial charge >= 0.3 is 0 Å². The second-order valence-corrected chi connectivity index (χ2v) is 5.40. The van der Waals surface area contributed by atoms with Crippen molar-refractivity contribution in [3.05, 3.63) is 39.8 Å². The van der Waals surface area contributed by atoms with Crippen molar-refractivity contribution in [2.24, 2.45) is 0 Å². The number of rotatable bonds is 6. The molecular weight excluding hydrogens is 274 g/mol. The Morgan fingerprint density at radius 3 is 2.75 bits per heavy atom. The predicted octanol–water partition coefficient (Wildman–Crippen LogP) is 3.35. The Morgan fingerprint density at radius 1 is 1.35 bits per heavy atom. The van der Waals surface area contributed by atoms with E-state index in [4.69, 9.17) is 9.47 Å². The molecule has 1 aromatic carbocycles. The second kappa shape index (κ2) is 6.72. The van der Waals surface area contributed by atoms with Crippen molar-refractivity contribution in [3.63, 3.8) is 0 Å². The number of benzene rings is 1. The third kappa shape index (κ3) is 3.49. The zero-order valence-electron chi connectivity index (χ0n) is 11.9. The van der Waals surface area contributed by atoms with Crippen molar-refractivity contribution in [2.45, 2.75) is 33.0 Å². The van der Waals surface area contributed by atoms with E-state index in [0.717, 1.165) is 22.7 Å². The summed E-state index contributed by atoms with van der Waals surface area (Å²) in [6.07, 6.45) is 0.417. The quantitative estimate of drug-likeness (QED) is 0.887. The minimum Gasteiger partial charge on any atom is -0.493 e. The van der Waals surface area contributed by atoms with E-state index >= 15 is 0 Å². The molecule has 0 fully saturated rings. The van der Waals surface area contributed by atoms with Gasteiger partial charge in [0.05, 0.1) is 23.9 Å². The van der Waals surface area contributed by atoms with Gasteiger partial charge in [0.25, 0.3) is 0 Å². The van der Waals surface area contributed by atoms with E-state index in [0.29, 0.717) is 18.1 Å². The van der Waals surface area contributed by atoms with Crippen molar-refractivity contribution in [3.8, 4) is 11.5 Å². The molecule has 2 aromatic rings. The van der Waals surface area contributed by atoms with Gasteiger partial charge in [-0.1, -0.05) is 13.0 Å². The van der Waals surface area contributed by atoms with Gasteiger partial charge in [-0.25, -0.2) is 4.98 Å². The molecule has 5 heteroatoms. The number of hydrogen-bond acceptors (Lipinski definition) is 5. The van der Waals surface area contributed by atoms with Crippen LogP contribution in [0.2, 0.25) is 0 Å². The molecule has 1 aromatic heterocycles. The van der Waals surface area contributed by atoms with Crippen LogP contribution in [0.15, 0.2) is 23.6 Å². The molecule has 1 heterocycles. The highest BCUT2D eigenvalue weighted by Gasteiger charge is 2.09. The molecule has 0 saturated heterocycles. The fraction of sp³-hybridized carbons (Fsp3) is 0.400. The van der Waals surface area contributed by atoms with Crippen LogP contribution in [0, 0.1) is 0 Å². The van der Waals surface area contributed by atoms with Gasteiger partial charge in [-0.3, -0.25) is 0 Å². The normalized spacial score (nSPS) is 12.2. The molecule has 2 rings (SSSR count). The third-order valence-corrected chi connectivity index (χ3v) is 3.99. The van der Waals surface area contributed by atoms with Gasteiger partial charge in [0.1, 0.15) is 6.61 Å². The molecule has 0 unspecified atom stereocenters. The standard InChI is InChI=1S/C15H19NO3S/c1-4-15-16-12(9-20-15)8-19-13-6-5-11(10(2)17)7-14(13)18-3/h5-7,9-10,17H,4,8H2,1-3H3/t10-/m1/s1. The van der Waals surface area contributed by atoms with Gasteiger partial charge in [0, 0.05) is 5.38 Å². The predicted molar refractivity (Wildman–Crippen MR) is 79.5 cm³/mol. The summed E-state index contributed by atoms with van der Waals surface area (Å²) in [6, 6.07) is 5.44. The van der Waals surface area contributed by atoms with Crippen molar-refractivity contribution in [2.75, 3.05) is 7.11 Å². The number of hydrogen-bond donors (Lipinski definition) is 1. The topological polar surface area (TPSA) is 51.6 Å². The van der Waals surface area contributed by atoms with Crippen molar-refractivity contribution < 1.29 is 14.6 Å². The van der Waals surface area contributed by atoms with E-state index in [-0.39, 0.29) is 0 Å². The Morgan fingerprint density at radius 2 is 2.15 bits per heavy atom. The lowest BCUT2D eigenvalue weighted by Crippen LogP contribution is -2.00. The van der Waals surface area contributed by atoms with Crippen LogP contribution in [0.1, 0.15) is 36.2 Å². The summed E-state index contributed by atoms with van der Waals surface area (Å²) < 4.78 is 11.0. The zero-order valence-corrected chi connectivity index (χ0v) is 12.7. The van der Waals surface area contributed by atoms with E-state index in [9.17, 15) is 5.11 Å². The summed E-state index contributed by atoms with van der Waals surface area (Å²) in [4.78, 5) is 4.46. The molecular formula is C15H19NO3S. The highest BCUT2D eigenvalue weighted by molar-refractivity contribution is 7.09. The molecule has 20 heavy (non-hydrogen) atoms. The molecule has 1 atom stereocenters. The van der Waals surface area contributed by atoms with Crippen LogP contribution < -0.4 is 9.47 Å². The molecule has 0 saturated carbocycles. The first-order chi connectivity index (χ1) is 9.63. The molecule has 0 bridgehead atoms. The Balaban J connectivity index is 2.08. The average molecular weight is 293 g/mol. The average Bonchev–Trinajstić information content (AvgIpc) is 2.92. The molecule has 0 spiro atoms. The van der Waals surface area contributed by atoms with Crippen LogP contribution in [0.3, 0.4) is 0 Å². The summed E-state index contributed by atoms with van der Waals surface area (Å²) in [6.45, 7) is 4.22. The van der Waals surface area contributed by atoms with Gasteiger partial charge in [-0.05, 0) is 31.0 Å².